The van der Waals surface area contributed by atoms with Crippen molar-refractivity contribution in [3.63, 3.8) is 0 Å². The van der Waals surface area contributed by atoms with Crippen molar-refractivity contribution in [1.82, 2.24) is 10.3 Å². The molecule has 1 aromatic heterocycles. The highest BCUT2D eigenvalue weighted by Gasteiger charge is 2.10. The molecular formula is C15H20N2O2. The number of likely N-dealkylation sites (N-methyl/N-ethyl adjacent to an activating group) is 1. The molecule has 19 heavy (non-hydrogen) atoms. The zero-order valence-electron chi connectivity index (χ0n) is 11.4. The van der Waals surface area contributed by atoms with Gasteiger partial charge in [0.1, 0.15) is 0 Å². The molecule has 0 spiro atoms. The van der Waals surface area contributed by atoms with Crippen molar-refractivity contribution in [3.05, 3.63) is 42.1 Å². The maximum absolute atomic E-state index is 5.59. The summed E-state index contributed by atoms with van der Waals surface area (Å²) in [4.78, 5) is 4.38. The van der Waals surface area contributed by atoms with E-state index in [2.05, 4.69) is 34.6 Å². The Hall–Kier alpha value is -1.49. The van der Waals surface area contributed by atoms with Gasteiger partial charge < -0.3 is 14.8 Å². The monoisotopic (exact) mass is 260 g/mol. The van der Waals surface area contributed by atoms with Gasteiger partial charge in [-0.3, -0.25) is 4.98 Å². The van der Waals surface area contributed by atoms with Gasteiger partial charge in [-0.25, -0.2) is 0 Å². The largest absolute Gasteiger partial charge is 0.382 e. The molecule has 0 saturated heterocycles. The maximum Gasteiger partial charge on any atom is 0.0705 e. The van der Waals surface area contributed by atoms with E-state index in [1.165, 1.54) is 5.56 Å². The van der Waals surface area contributed by atoms with E-state index in [-0.39, 0.29) is 6.04 Å². The van der Waals surface area contributed by atoms with Gasteiger partial charge in [0.2, 0.25) is 0 Å². The molecule has 2 rings (SSSR count). The number of hydrogen-bond donors (Lipinski definition) is 1. The van der Waals surface area contributed by atoms with Crippen LogP contribution >= 0.6 is 0 Å². The number of aromatic nitrogens is 1. The molecule has 1 unspecified atom stereocenters. The number of nitrogens with zero attached hydrogens (tertiary/aromatic N) is 1. The molecule has 0 amide bonds. The number of rotatable bonds is 7. The van der Waals surface area contributed by atoms with E-state index in [4.69, 9.17) is 9.47 Å². The Bertz CT molecular complexity index is 516. The molecule has 102 valence electrons. The summed E-state index contributed by atoms with van der Waals surface area (Å²) >= 11 is 0. The molecule has 1 N–H and O–H groups in total. The minimum Gasteiger partial charge on any atom is -0.382 e. The van der Waals surface area contributed by atoms with Crippen LogP contribution in [-0.4, -0.2) is 39.0 Å². The number of methoxy groups -OCH3 is 1. The third-order valence-corrected chi connectivity index (χ3v) is 3.10. The van der Waals surface area contributed by atoms with Gasteiger partial charge in [-0.05, 0) is 24.7 Å². The normalized spacial score (nSPS) is 12.7. The molecule has 0 fully saturated rings. The second-order valence-electron chi connectivity index (χ2n) is 4.36. The van der Waals surface area contributed by atoms with Crippen molar-refractivity contribution >= 4 is 10.9 Å². The van der Waals surface area contributed by atoms with Gasteiger partial charge in [0.25, 0.3) is 0 Å². The minimum absolute atomic E-state index is 0.170. The number of nitrogens with one attached hydrogen (secondary N) is 1. The summed E-state index contributed by atoms with van der Waals surface area (Å²) in [5, 5.41) is 4.42. The fourth-order valence-electron chi connectivity index (χ4n) is 1.99. The minimum atomic E-state index is 0.170. The standard InChI is InChI=1S/C15H20N2O2/c1-16-15(11-19-9-8-18-2)13-6-5-12-4-3-7-17-14(12)10-13/h3-7,10,15-16H,8-9,11H2,1-2H3. The first-order chi connectivity index (χ1) is 9.35. The molecule has 1 atom stereocenters. The van der Waals surface area contributed by atoms with Gasteiger partial charge >= 0.3 is 0 Å². The lowest BCUT2D eigenvalue weighted by atomic mass is 10.1. The van der Waals surface area contributed by atoms with Crippen LogP contribution in [0.2, 0.25) is 0 Å². The molecule has 4 nitrogen and oxygen atoms in total. The Morgan fingerprint density at radius 2 is 2.16 bits per heavy atom. The van der Waals surface area contributed by atoms with Crippen LogP contribution in [-0.2, 0) is 9.47 Å². The maximum atomic E-state index is 5.59. The lowest BCUT2D eigenvalue weighted by molar-refractivity contribution is 0.0596. The molecule has 0 saturated carbocycles. The number of hydrogen-bond acceptors (Lipinski definition) is 4. The molecule has 0 aliphatic rings. The lowest BCUT2D eigenvalue weighted by Gasteiger charge is -2.17. The molecule has 4 heteroatoms. The lowest BCUT2D eigenvalue weighted by Crippen LogP contribution is -2.22. The third kappa shape index (κ3) is 3.73. The van der Waals surface area contributed by atoms with Gasteiger partial charge in [0, 0.05) is 18.7 Å². The Morgan fingerprint density at radius 1 is 1.26 bits per heavy atom. The molecule has 1 aromatic carbocycles. The van der Waals surface area contributed by atoms with Crippen LogP contribution in [0.5, 0.6) is 0 Å². The smallest absolute Gasteiger partial charge is 0.0705 e. The number of benzene rings is 1. The van der Waals surface area contributed by atoms with E-state index in [0.717, 1.165) is 10.9 Å². The van der Waals surface area contributed by atoms with Crippen LogP contribution in [0.25, 0.3) is 10.9 Å². The molecule has 0 aliphatic carbocycles. The second kappa shape index (κ2) is 7.19. The van der Waals surface area contributed by atoms with Crippen molar-refractivity contribution in [2.24, 2.45) is 0 Å². The predicted octanol–water partition coefficient (Wildman–Crippen LogP) is 2.16. The van der Waals surface area contributed by atoms with Crippen molar-refractivity contribution in [3.8, 4) is 0 Å². The Kier molecular flexibility index (Phi) is 5.27. The Labute approximate surface area is 113 Å². The van der Waals surface area contributed by atoms with Crippen LogP contribution in [0.3, 0.4) is 0 Å². The zero-order valence-corrected chi connectivity index (χ0v) is 11.4. The van der Waals surface area contributed by atoms with E-state index < -0.39 is 0 Å². The molecule has 0 radical (unpaired) electrons. The number of fused-ring (bicyclic) bond motifs is 1. The Morgan fingerprint density at radius 3 is 2.95 bits per heavy atom. The van der Waals surface area contributed by atoms with Gasteiger partial charge in [0.15, 0.2) is 0 Å². The average molecular weight is 260 g/mol. The van der Waals surface area contributed by atoms with Crippen LogP contribution in [0.15, 0.2) is 36.5 Å². The zero-order chi connectivity index (χ0) is 13.5. The highest BCUT2D eigenvalue weighted by atomic mass is 16.5. The van der Waals surface area contributed by atoms with Gasteiger partial charge in [0.05, 0.1) is 31.4 Å². The van der Waals surface area contributed by atoms with Crippen LogP contribution in [0.4, 0.5) is 0 Å². The van der Waals surface area contributed by atoms with E-state index in [0.29, 0.717) is 19.8 Å². The van der Waals surface area contributed by atoms with Gasteiger partial charge in [-0.2, -0.15) is 0 Å². The highest BCUT2D eigenvalue weighted by molar-refractivity contribution is 5.78. The van der Waals surface area contributed by atoms with E-state index in [1.54, 1.807) is 7.11 Å². The quantitative estimate of drug-likeness (QED) is 0.775. The predicted molar refractivity (Wildman–Crippen MR) is 76.2 cm³/mol. The molecular weight excluding hydrogens is 240 g/mol. The van der Waals surface area contributed by atoms with Gasteiger partial charge in [-0.15, -0.1) is 0 Å². The first-order valence-corrected chi connectivity index (χ1v) is 6.44. The summed E-state index contributed by atoms with van der Waals surface area (Å²) in [6.45, 7) is 1.86. The van der Waals surface area contributed by atoms with Crippen molar-refractivity contribution < 1.29 is 9.47 Å². The molecule has 2 aromatic rings. The molecule has 0 bridgehead atoms. The third-order valence-electron chi connectivity index (χ3n) is 3.10. The molecule has 0 aliphatic heterocycles. The van der Waals surface area contributed by atoms with E-state index in [9.17, 15) is 0 Å². The molecule has 1 heterocycles. The average Bonchev–Trinajstić information content (AvgIpc) is 2.47. The topological polar surface area (TPSA) is 43.4 Å². The van der Waals surface area contributed by atoms with Gasteiger partial charge in [-0.1, -0.05) is 18.2 Å². The summed E-state index contributed by atoms with van der Waals surface area (Å²) in [5.41, 5.74) is 2.20. The van der Waals surface area contributed by atoms with Crippen molar-refractivity contribution in [1.29, 1.82) is 0 Å². The highest BCUT2D eigenvalue weighted by Crippen LogP contribution is 2.19. The summed E-state index contributed by atoms with van der Waals surface area (Å²) in [6, 6.07) is 10.5. The number of pyridine rings is 1. The fourth-order valence-corrected chi connectivity index (χ4v) is 1.99. The fraction of sp³-hybridized carbons (Fsp3) is 0.400. The summed E-state index contributed by atoms with van der Waals surface area (Å²) < 4.78 is 10.6. The second-order valence-corrected chi connectivity index (χ2v) is 4.36. The van der Waals surface area contributed by atoms with Crippen LogP contribution in [0, 0.1) is 0 Å². The summed E-state index contributed by atoms with van der Waals surface area (Å²) in [6.07, 6.45) is 1.82. The SMILES string of the molecule is CNC(COCCOC)c1ccc2cccnc2c1. The van der Waals surface area contributed by atoms with E-state index >= 15 is 0 Å². The summed E-state index contributed by atoms with van der Waals surface area (Å²) in [7, 11) is 3.61. The summed E-state index contributed by atoms with van der Waals surface area (Å²) in [5.74, 6) is 0. The first-order valence-electron chi connectivity index (χ1n) is 6.44. The van der Waals surface area contributed by atoms with E-state index in [1.807, 2.05) is 19.3 Å². The van der Waals surface area contributed by atoms with Crippen LogP contribution in [0.1, 0.15) is 11.6 Å². The Balaban J connectivity index is 2.07. The van der Waals surface area contributed by atoms with Crippen molar-refractivity contribution in [2.75, 3.05) is 34.0 Å². The number of ether oxygens (including phenoxy) is 2. The first kappa shape index (κ1) is 13.9. The van der Waals surface area contributed by atoms with Crippen molar-refractivity contribution in [2.45, 2.75) is 6.04 Å². The van der Waals surface area contributed by atoms with Crippen LogP contribution < -0.4 is 5.32 Å².